The first-order valence-corrected chi connectivity index (χ1v) is 27.9. The number of para-hydroxylation sites is 4. The number of ether oxygens (including phenoxy) is 1. The number of pyridine rings is 1. The molecule has 12 rings (SSSR count). The molecule has 0 spiro atoms. The van der Waals surface area contributed by atoms with E-state index in [2.05, 4.69) is 148 Å². The standard InChI is InChI=1S/C74H76N4O/c1-70(2,3)51-33-35-56(62(43-51)72(7,8)9)48-28-30-49(31-29-48)57-23-19-24-58(50-32-37-61-63(42-50)74(12,13)40-39-73(61,10)11)69(57)77-47-76(65-26-16-17-27-66(65)77)53-20-18-21-54(45-53)79-55-34-36-60-59-22-14-15-25-64(59)78(67(60)46-55)68-44-52(38-41-75-68)71(4,5)6/h14-38,41-46H,39-40,47H2,1-13H3/i14D,15D,22D,25D,28D,29D,30D,31D. The molecule has 79 heavy (non-hydrogen) atoms. The third-order valence-electron chi connectivity index (χ3n) is 16.6. The monoisotopic (exact) mass is 1040 g/mol. The van der Waals surface area contributed by atoms with E-state index in [4.69, 9.17) is 15.2 Å². The van der Waals surface area contributed by atoms with Crippen LogP contribution < -0.4 is 14.5 Å². The van der Waals surface area contributed by atoms with Crippen LogP contribution in [0.2, 0.25) is 0 Å². The molecule has 398 valence electrons. The fraction of sp³-hybridized carbons (Fsp3) is 0.284. The number of hydrogen-bond acceptors (Lipinski definition) is 4. The molecule has 0 fully saturated rings. The predicted octanol–water partition coefficient (Wildman–Crippen LogP) is 20.5. The molecule has 8 aromatic carbocycles. The molecule has 2 aliphatic rings. The van der Waals surface area contributed by atoms with Crippen molar-refractivity contribution in [1.82, 2.24) is 9.55 Å². The Bertz CT molecular complexity index is 4450. The lowest BCUT2D eigenvalue weighted by Crippen LogP contribution is -2.33. The first-order chi connectivity index (χ1) is 40.9. The lowest BCUT2D eigenvalue weighted by molar-refractivity contribution is 0.332. The third-order valence-corrected chi connectivity index (χ3v) is 16.6. The van der Waals surface area contributed by atoms with E-state index in [-0.39, 0.29) is 86.5 Å². The van der Waals surface area contributed by atoms with Crippen molar-refractivity contribution in [2.45, 2.75) is 130 Å². The van der Waals surface area contributed by atoms with Gasteiger partial charge < -0.3 is 14.5 Å². The second kappa shape index (κ2) is 18.9. The Balaban J connectivity index is 1.00. The zero-order valence-electron chi connectivity index (χ0n) is 56.1. The fourth-order valence-electron chi connectivity index (χ4n) is 11.9. The van der Waals surface area contributed by atoms with Gasteiger partial charge in [0, 0.05) is 45.9 Å². The summed E-state index contributed by atoms with van der Waals surface area (Å²) >= 11 is 0. The van der Waals surface area contributed by atoms with Gasteiger partial charge in [-0.05, 0) is 145 Å². The molecule has 5 heteroatoms. The molecule has 0 saturated heterocycles. The molecule has 0 N–H and O–H groups in total. The Hall–Kier alpha value is -7.89. The van der Waals surface area contributed by atoms with Crippen LogP contribution in [0.3, 0.4) is 0 Å². The highest BCUT2D eigenvalue weighted by molar-refractivity contribution is 6.09. The minimum absolute atomic E-state index is 0.0149. The van der Waals surface area contributed by atoms with Gasteiger partial charge in [-0.3, -0.25) is 4.57 Å². The smallest absolute Gasteiger partial charge is 0.137 e. The number of anilines is 4. The van der Waals surface area contributed by atoms with Crippen LogP contribution in [0.4, 0.5) is 22.7 Å². The van der Waals surface area contributed by atoms with Crippen molar-refractivity contribution in [3.05, 3.63) is 216 Å². The summed E-state index contributed by atoms with van der Waals surface area (Å²) in [5, 5.41) is 1.04. The first kappa shape index (κ1) is 43.0. The lowest BCUT2D eigenvalue weighted by Gasteiger charge is -2.42. The minimum Gasteiger partial charge on any atom is -0.457 e. The largest absolute Gasteiger partial charge is 0.457 e. The number of nitrogens with zero attached hydrogens (tertiary/aromatic N) is 4. The zero-order chi connectivity index (χ0) is 62.4. The van der Waals surface area contributed by atoms with Crippen molar-refractivity contribution in [3.8, 4) is 50.7 Å². The molecule has 0 unspecified atom stereocenters. The maximum absolute atomic E-state index is 10.1. The zero-order valence-corrected chi connectivity index (χ0v) is 48.1. The second-order valence-electron chi connectivity index (χ2n) is 26.2. The summed E-state index contributed by atoms with van der Waals surface area (Å²) < 4.78 is 84.1. The van der Waals surface area contributed by atoms with Gasteiger partial charge in [-0.1, -0.05) is 205 Å². The molecule has 2 aromatic heterocycles. The number of rotatable bonds is 8. The maximum Gasteiger partial charge on any atom is 0.137 e. The summed E-state index contributed by atoms with van der Waals surface area (Å²) in [7, 11) is 0. The highest BCUT2D eigenvalue weighted by atomic mass is 16.5. The molecule has 0 bridgehead atoms. The summed E-state index contributed by atoms with van der Waals surface area (Å²) in [6, 6.07) is 43.5. The molecule has 10 aromatic rings. The first-order valence-electron chi connectivity index (χ1n) is 31.9. The number of hydrogen-bond donors (Lipinski definition) is 0. The molecule has 0 amide bonds. The van der Waals surface area contributed by atoms with Crippen LogP contribution in [0.1, 0.15) is 142 Å². The molecule has 0 saturated carbocycles. The van der Waals surface area contributed by atoms with Gasteiger partial charge in [-0.25, -0.2) is 4.98 Å². The van der Waals surface area contributed by atoms with E-state index in [1.54, 1.807) is 6.20 Å². The highest BCUT2D eigenvalue weighted by Gasteiger charge is 2.38. The summed E-state index contributed by atoms with van der Waals surface area (Å²) in [6.45, 7) is 28.9. The van der Waals surface area contributed by atoms with Crippen LogP contribution in [-0.2, 0) is 27.1 Å². The van der Waals surface area contributed by atoms with E-state index in [9.17, 15) is 5.48 Å². The van der Waals surface area contributed by atoms with Crippen molar-refractivity contribution < 1.29 is 15.7 Å². The van der Waals surface area contributed by atoms with Crippen LogP contribution in [0.15, 0.2) is 188 Å². The Morgan fingerprint density at radius 2 is 1.13 bits per heavy atom. The van der Waals surface area contributed by atoms with Crippen LogP contribution >= 0.6 is 0 Å². The fourth-order valence-corrected chi connectivity index (χ4v) is 11.9. The minimum atomic E-state index is -0.364. The average molecular weight is 1050 g/mol. The Morgan fingerprint density at radius 3 is 1.84 bits per heavy atom. The van der Waals surface area contributed by atoms with Crippen LogP contribution in [0, 0.1) is 0 Å². The van der Waals surface area contributed by atoms with Gasteiger partial charge >= 0.3 is 0 Å². The van der Waals surface area contributed by atoms with Gasteiger partial charge in [-0.15, -0.1) is 0 Å². The summed E-state index contributed by atoms with van der Waals surface area (Å²) in [6.07, 6.45) is 3.85. The van der Waals surface area contributed by atoms with E-state index >= 15 is 0 Å². The van der Waals surface area contributed by atoms with E-state index in [1.807, 2.05) is 89.5 Å². The Morgan fingerprint density at radius 1 is 0.494 bits per heavy atom. The number of benzene rings is 8. The van der Waals surface area contributed by atoms with Crippen LogP contribution in [-0.4, -0.2) is 16.2 Å². The normalized spacial score (nSPS) is 16.6. The number of fused-ring (bicyclic) bond motifs is 5. The van der Waals surface area contributed by atoms with Crippen molar-refractivity contribution >= 4 is 44.6 Å². The molecular weight excluding hydrogens is 961 g/mol. The van der Waals surface area contributed by atoms with Gasteiger partial charge in [0.15, 0.2) is 0 Å². The Kier molecular flexibility index (Phi) is 10.3. The number of aromatic nitrogens is 2. The summed E-state index contributed by atoms with van der Waals surface area (Å²) in [4.78, 5) is 9.27. The molecule has 1 aliphatic heterocycles. The van der Waals surface area contributed by atoms with Crippen molar-refractivity contribution in [2.24, 2.45) is 0 Å². The predicted molar refractivity (Wildman–Crippen MR) is 335 cm³/mol. The Labute approximate surface area is 480 Å². The van der Waals surface area contributed by atoms with Gasteiger partial charge in [-0.2, -0.15) is 0 Å². The summed E-state index contributed by atoms with van der Waals surface area (Å²) in [5.41, 5.74) is 13.0. The molecule has 5 nitrogen and oxygen atoms in total. The van der Waals surface area contributed by atoms with Crippen molar-refractivity contribution in [1.29, 1.82) is 0 Å². The quantitative estimate of drug-likeness (QED) is 0.152. The van der Waals surface area contributed by atoms with Crippen LogP contribution in [0.25, 0.3) is 61.0 Å². The molecule has 1 aliphatic carbocycles. The van der Waals surface area contributed by atoms with E-state index in [0.29, 0.717) is 56.9 Å². The molecule has 0 radical (unpaired) electrons. The second-order valence-corrected chi connectivity index (χ2v) is 26.2. The van der Waals surface area contributed by atoms with Gasteiger partial charge in [0.2, 0.25) is 0 Å². The lowest BCUT2D eigenvalue weighted by atomic mass is 9.63. The highest BCUT2D eigenvalue weighted by Crippen LogP contribution is 2.53. The molecular formula is C74H76N4O. The molecule has 3 heterocycles. The van der Waals surface area contributed by atoms with E-state index in [0.717, 1.165) is 63.4 Å². The van der Waals surface area contributed by atoms with E-state index in [1.165, 1.54) is 11.1 Å². The van der Waals surface area contributed by atoms with Crippen molar-refractivity contribution in [3.63, 3.8) is 0 Å². The third kappa shape index (κ3) is 9.39. The molecule has 0 atom stereocenters. The topological polar surface area (TPSA) is 33.5 Å². The SMILES string of the molecule is [2H]c1c([2H])c(-c2cccc(-c3ccc4c(c3)C(C)(C)CCC4(C)C)c2N2CN(c3cccc(Oc4ccc5c6c([2H])c([2H])c([2H])c([2H])c6n(-c6cc(C(C)(C)C)ccn6)c5c4)c3)c3ccccc32)c([2H])c([2H])c1-c1ccc(C(C)(C)C)cc1C(C)(C)C. The van der Waals surface area contributed by atoms with E-state index < -0.39 is 0 Å². The van der Waals surface area contributed by atoms with Crippen molar-refractivity contribution in [2.75, 3.05) is 16.5 Å². The maximum atomic E-state index is 10.1. The van der Waals surface area contributed by atoms with Crippen LogP contribution in [0.5, 0.6) is 11.5 Å². The van der Waals surface area contributed by atoms with Gasteiger partial charge in [0.1, 0.15) is 24.0 Å². The van der Waals surface area contributed by atoms with Gasteiger partial charge in [0.05, 0.1) is 39.1 Å². The van der Waals surface area contributed by atoms with Gasteiger partial charge in [0.25, 0.3) is 0 Å². The summed E-state index contributed by atoms with van der Waals surface area (Å²) in [5.74, 6) is 1.57. The average Bonchev–Trinajstić information content (AvgIpc) is 1.70.